The number of aromatic nitrogens is 1. The van der Waals surface area contributed by atoms with Crippen LogP contribution in [0.25, 0.3) is 10.9 Å². The van der Waals surface area contributed by atoms with Crippen molar-refractivity contribution in [1.82, 2.24) is 4.73 Å². The lowest BCUT2D eigenvalue weighted by atomic mass is 9.78. The lowest BCUT2D eigenvalue weighted by Crippen LogP contribution is -2.30. The summed E-state index contributed by atoms with van der Waals surface area (Å²) in [5.74, 6) is -0.296. The van der Waals surface area contributed by atoms with Crippen LogP contribution >= 0.6 is 0 Å². The van der Waals surface area contributed by atoms with Crippen molar-refractivity contribution in [3.8, 4) is 5.75 Å². The van der Waals surface area contributed by atoms with E-state index in [-0.39, 0.29) is 5.75 Å². The Morgan fingerprint density at radius 2 is 1.61 bits per heavy atom. The Kier molecular flexibility index (Phi) is 3.31. The molecule has 138 valence electrons. The van der Waals surface area contributed by atoms with E-state index in [0.717, 1.165) is 10.1 Å². The maximum atomic E-state index is 12.8. The molecule has 5 rings (SSSR count). The van der Waals surface area contributed by atoms with Gasteiger partial charge in [-0.3, -0.25) is 0 Å². The molecule has 2 heterocycles. The number of ether oxygens (including phenoxy) is 1. The summed E-state index contributed by atoms with van der Waals surface area (Å²) < 4.78 is 7.22. The van der Waals surface area contributed by atoms with Crippen molar-refractivity contribution in [3.05, 3.63) is 101 Å². The number of phenols is 1. The first-order valence-electron chi connectivity index (χ1n) is 8.96. The number of aromatic hydroxyl groups is 1. The van der Waals surface area contributed by atoms with E-state index in [1.807, 2.05) is 36.4 Å². The summed E-state index contributed by atoms with van der Waals surface area (Å²) in [5.41, 5.74) is 2.60. The molecule has 0 amide bonds. The summed E-state index contributed by atoms with van der Waals surface area (Å²) in [6, 6.07) is 21.4. The number of esters is 1. The standard InChI is InChI=1S/C23H17NO4/c1-14-21(18-7-3-5-9-20(18)24(14)27)23(15-10-12-16(25)13-11-15)19-8-4-2-6-17(19)22(26)28-23/h2-13,25,27H,1H3. The van der Waals surface area contributed by atoms with Crippen molar-refractivity contribution in [2.45, 2.75) is 12.5 Å². The van der Waals surface area contributed by atoms with Gasteiger partial charge >= 0.3 is 5.97 Å². The molecule has 2 N–H and O–H groups in total. The van der Waals surface area contributed by atoms with Gasteiger partial charge in [0, 0.05) is 22.1 Å². The summed E-state index contributed by atoms with van der Waals surface area (Å²) in [6.45, 7) is 1.80. The SMILES string of the molecule is Cc1c(C2(c3ccc(O)cc3)OC(=O)c3ccccc32)c2ccccc2n1O. The van der Waals surface area contributed by atoms with Gasteiger partial charge < -0.3 is 15.1 Å². The molecule has 0 bridgehead atoms. The number of phenolic OH excluding ortho intramolecular Hbond substituents is 1. The maximum Gasteiger partial charge on any atom is 0.340 e. The van der Waals surface area contributed by atoms with Gasteiger partial charge in [-0.05, 0) is 31.2 Å². The highest BCUT2D eigenvalue weighted by atomic mass is 16.6. The first kappa shape index (κ1) is 16.4. The number of rotatable bonds is 2. The minimum absolute atomic E-state index is 0.123. The van der Waals surface area contributed by atoms with Gasteiger partial charge in [0.05, 0.1) is 16.8 Å². The zero-order valence-electron chi connectivity index (χ0n) is 15.1. The highest BCUT2D eigenvalue weighted by Gasteiger charge is 2.51. The number of fused-ring (bicyclic) bond motifs is 2. The minimum atomic E-state index is -1.22. The molecule has 28 heavy (non-hydrogen) atoms. The second-order valence-corrected chi connectivity index (χ2v) is 6.95. The smallest absolute Gasteiger partial charge is 0.340 e. The third kappa shape index (κ3) is 1.98. The van der Waals surface area contributed by atoms with E-state index in [2.05, 4.69) is 0 Å². The van der Waals surface area contributed by atoms with Crippen LogP contribution in [-0.4, -0.2) is 21.0 Å². The summed E-state index contributed by atoms with van der Waals surface area (Å²) in [4.78, 5) is 12.8. The molecule has 5 nitrogen and oxygen atoms in total. The van der Waals surface area contributed by atoms with E-state index in [4.69, 9.17) is 4.74 Å². The van der Waals surface area contributed by atoms with Crippen molar-refractivity contribution in [3.63, 3.8) is 0 Å². The Bertz CT molecular complexity index is 1240. The van der Waals surface area contributed by atoms with Crippen LogP contribution in [0.3, 0.4) is 0 Å². The lowest BCUT2D eigenvalue weighted by Gasteiger charge is -2.30. The molecule has 0 saturated carbocycles. The van der Waals surface area contributed by atoms with Gasteiger partial charge in [-0.1, -0.05) is 48.5 Å². The van der Waals surface area contributed by atoms with E-state index >= 15 is 0 Å². The van der Waals surface area contributed by atoms with Crippen LogP contribution in [-0.2, 0) is 10.3 Å². The van der Waals surface area contributed by atoms with E-state index in [9.17, 15) is 15.1 Å². The van der Waals surface area contributed by atoms with Crippen molar-refractivity contribution in [2.24, 2.45) is 0 Å². The predicted octanol–water partition coefficient (Wildman–Crippen LogP) is 4.35. The number of carbonyl (C=O) groups excluding carboxylic acids is 1. The maximum absolute atomic E-state index is 12.8. The van der Waals surface area contributed by atoms with Gasteiger partial charge in [-0.25, -0.2) is 4.79 Å². The van der Waals surface area contributed by atoms with Gasteiger partial charge in [0.2, 0.25) is 0 Å². The van der Waals surface area contributed by atoms with Crippen LogP contribution in [0.4, 0.5) is 0 Å². The molecule has 0 radical (unpaired) electrons. The summed E-state index contributed by atoms with van der Waals surface area (Å²) >= 11 is 0. The average molecular weight is 371 g/mol. The normalized spacial score (nSPS) is 18.2. The highest BCUT2D eigenvalue weighted by Crippen LogP contribution is 2.50. The first-order chi connectivity index (χ1) is 13.5. The van der Waals surface area contributed by atoms with Crippen LogP contribution in [0.5, 0.6) is 5.75 Å². The zero-order chi connectivity index (χ0) is 19.5. The second kappa shape index (κ2) is 5.63. The highest BCUT2D eigenvalue weighted by molar-refractivity contribution is 5.98. The monoisotopic (exact) mass is 371 g/mol. The Morgan fingerprint density at radius 1 is 0.929 bits per heavy atom. The van der Waals surface area contributed by atoms with Crippen molar-refractivity contribution in [1.29, 1.82) is 0 Å². The molecule has 0 fully saturated rings. The summed E-state index contributed by atoms with van der Waals surface area (Å²) in [6.07, 6.45) is 0. The second-order valence-electron chi connectivity index (χ2n) is 6.95. The number of para-hydroxylation sites is 1. The Labute approximate surface area is 161 Å². The lowest BCUT2D eigenvalue weighted by molar-refractivity contribution is 0.0250. The van der Waals surface area contributed by atoms with E-state index < -0.39 is 11.6 Å². The van der Waals surface area contributed by atoms with Crippen LogP contribution in [0.1, 0.15) is 32.7 Å². The van der Waals surface area contributed by atoms with Gasteiger partial charge in [0.15, 0.2) is 5.60 Å². The Morgan fingerprint density at radius 3 is 2.39 bits per heavy atom. The average Bonchev–Trinajstić information content (AvgIpc) is 3.15. The van der Waals surface area contributed by atoms with Gasteiger partial charge in [0.25, 0.3) is 0 Å². The molecular weight excluding hydrogens is 354 g/mol. The molecule has 1 aliphatic rings. The molecule has 3 aromatic carbocycles. The third-order valence-electron chi connectivity index (χ3n) is 5.48. The molecule has 4 aromatic rings. The number of cyclic esters (lactones) is 1. The van der Waals surface area contributed by atoms with Crippen molar-refractivity contribution in [2.75, 3.05) is 0 Å². The molecule has 1 aromatic heterocycles. The van der Waals surface area contributed by atoms with Crippen LogP contribution in [0.15, 0.2) is 72.8 Å². The first-order valence-corrected chi connectivity index (χ1v) is 8.96. The molecule has 0 aliphatic carbocycles. The number of nitrogens with zero attached hydrogens (tertiary/aromatic N) is 1. The van der Waals surface area contributed by atoms with Crippen LogP contribution < -0.4 is 0 Å². The number of benzene rings is 3. The predicted molar refractivity (Wildman–Crippen MR) is 104 cm³/mol. The van der Waals surface area contributed by atoms with E-state index in [1.165, 1.54) is 0 Å². The minimum Gasteiger partial charge on any atom is -0.508 e. The van der Waals surface area contributed by atoms with Crippen molar-refractivity contribution < 1.29 is 19.8 Å². The van der Waals surface area contributed by atoms with Crippen LogP contribution in [0, 0.1) is 6.92 Å². The molecule has 1 aliphatic heterocycles. The largest absolute Gasteiger partial charge is 0.508 e. The fraction of sp³-hybridized carbons (Fsp3) is 0.0870. The molecule has 1 atom stereocenters. The van der Waals surface area contributed by atoms with Gasteiger partial charge in [-0.2, -0.15) is 4.73 Å². The molecule has 0 saturated heterocycles. The quantitative estimate of drug-likeness (QED) is 0.406. The third-order valence-corrected chi connectivity index (χ3v) is 5.48. The van der Waals surface area contributed by atoms with Gasteiger partial charge in [-0.15, -0.1) is 0 Å². The number of hydrogen-bond donors (Lipinski definition) is 2. The number of carbonyl (C=O) groups is 1. The van der Waals surface area contributed by atoms with Crippen LogP contribution in [0.2, 0.25) is 0 Å². The fourth-order valence-corrected chi connectivity index (χ4v) is 4.25. The Hall–Kier alpha value is -3.73. The van der Waals surface area contributed by atoms with Crippen molar-refractivity contribution >= 4 is 16.9 Å². The molecule has 1 unspecified atom stereocenters. The molecule has 0 spiro atoms. The topological polar surface area (TPSA) is 71.7 Å². The molecular formula is C23H17NO4. The van der Waals surface area contributed by atoms with E-state index in [0.29, 0.717) is 33.5 Å². The number of hydrogen-bond acceptors (Lipinski definition) is 4. The molecule has 5 heteroatoms. The van der Waals surface area contributed by atoms with Gasteiger partial charge in [0.1, 0.15) is 5.75 Å². The summed E-state index contributed by atoms with van der Waals surface area (Å²) in [7, 11) is 0. The Balaban J connectivity index is 1.95. The van der Waals surface area contributed by atoms with E-state index in [1.54, 1.807) is 43.3 Å². The summed E-state index contributed by atoms with van der Waals surface area (Å²) in [5, 5.41) is 21.3. The fourth-order valence-electron chi connectivity index (χ4n) is 4.25. The zero-order valence-corrected chi connectivity index (χ0v) is 15.1.